The maximum absolute atomic E-state index is 12.9. The van der Waals surface area contributed by atoms with Crippen LogP contribution in [-0.2, 0) is 9.47 Å². The minimum absolute atomic E-state index is 0.0427. The molecule has 2 fully saturated rings. The van der Waals surface area contributed by atoms with Crippen LogP contribution in [0.15, 0.2) is 48.7 Å². The lowest BCUT2D eigenvalue weighted by molar-refractivity contribution is -0.181. The summed E-state index contributed by atoms with van der Waals surface area (Å²) in [4.78, 5) is 19.0. The monoisotopic (exact) mass is 367 g/mol. The number of hydrogen-bond acceptors (Lipinski definition) is 5. The number of nitrogens with one attached hydrogen (secondary N) is 1. The molecule has 1 N–H and O–H groups in total. The van der Waals surface area contributed by atoms with Crippen LogP contribution in [0.1, 0.15) is 41.9 Å². The van der Waals surface area contributed by atoms with E-state index < -0.39 is 5.79 Å². The minimum atomic E-state index is -0.473. The molecule has 27 heavy (non-hydrogen) atoms. The van der Waals surface area contributed by atoms with Gasteiger partial charge in [0.2, 0.25) is 0 Å². The zero-order valence-corrected chi connectivity index (χ0v) is 15.6. The quantitative estimate of drug-likeness (QED) is 0.899. The first kappa shape index (κ1) is 17.9. The molecule has 1 atom stereocenters. The van der Waals surface area contributed by atoms with Crippen molar-refractivity contribution in [3.63, 3.8) is 0 Å². The SMILES string of the molecule is CC(Nc1ccnc(C(=O)N2CCC3(CC2)OCCO3)c1)c1ccccc1. The van der Waals surface area contributed by atoms with Gasteiger partial charge in [-0.2, -0.15) is 0 Å². The molecule has 1 unspecified atom stereocenters. The lowest BCUT2D eigenvalue weighted by Gasteiger charge is -2.37. The van der Waals surface area contributed by atoms with E-state index in [9.17, 15) is 4.79 Å². The zero-order chi connectivity index (χ0) is 18.7. The van der Waals surface area contributed by atoms with E-state index in [1.54, 1.807) is 6.20 Å². The van der Waals surface area contributed by atoms with Gasteiger partial charge >= 0.3 is 0 Å². The van der Waals surface area contributed by atoms with Crippen molar-refractivity contribution in [2.45, 2.75) is 31.6 Å². The van der Waals surface area contributed by atoms with Crippen LogP contribution >= 0.6 is 0 Å². The lowest BCUT2D eigenvalue weighted by atomic mass is 10.0. The van der Waals surface area contributed by atoms with Crippen LogP contribution in [0, 0.1) is 0 Å². The molecule has 1 spiro atoms. The number of carbonyl (C=O) groups excluding carboxylic acids is 1. The molecule has 2 aromatic rings. The number of benzene rings is 1. The van der Waals surface area contributed by atoms with Crippen LogP contribution in [0.25, 0.3) is 0 Å². The second kappa shape index (κ2) is 7.66. The Morgan fingerprint density at radius 3 is 2.56 bits per heavy atom. The first-order chi connectivity index (χ1) is 13.2. The Balaban J connectivity index is 1.40. The Morgan fingerprint density at radius 1 is 1.15 bits per heavy atom. The van der Waals surface area contributed by atoms with Gasteiger partial charge in [-0.1, -0.05) is 30.3 Å². The highest BCUT2D eigenvalue weighted by molar-refractivity contribution is 5.93. The van der Waals surface area contributed by atoms with E-state index in [0.717, 1.165) is 5.69 Å². The number of carbonyl (C=O) groups is 1. The van der Waals surface area contributed by atoms with Crippen LogP contribution in [-0.4, -0.2) is 47.9 Å². The highest BCUT2D eigenvalue weighted by Gasteiger charge is 2.41. The minimum Gasteiger partial charge on any atom is -0.378 e. The predicted octanol–water partition coefficient (Wildman–Crippen LogP) is 3.23. The molecular formula is C21H25N3O3. The van der Waals surface area contributed by atoms with Crippen LogP contribution in [0.4, 0.5) is 5.69 Å². The van der Waals surface area contributed by atoms with Crippen LogP contribution in [0.3, 0.4) is 0 Å². The highest BCUT2D eigenvalue weighted by atomic mass is 16.7. The van der Waals surface area contributed by atoms with E-state index in [1.165, 1.54) is 5.56 Å². The molecule has 4 rings (SSSR count). The Hall–Kier alpha value is -2.44. The molecule has 142 valence electrons. The fraction of sp³-hybridized carbons (Fsp3) is 0.429. The Kier molecular flexibility index (Phi) is 5.09. The van der Waals surface area contributed by atoms with Crippen molar-refractivity contribution in [2.75, 3.05) is 31.6 Å². The number of ether oxygens (including phenoxy) is 2. The molecule has 3 heterocycles. The zero-order valence-electron chi connectivity index (χ0n) is 15.6. The fourth-order valence-electron chi connectivity index (χ4n) is 3.71. The van der Waals surface area contributed by atoms with Crippen LogP contribution < -0.4 is 5.32 Å². The first-order valence-corrected chi connectivity index (χ1v) is 9.50. The number of aromatic nitrogens is 1. The summed E-state index contributed by atoms with van der Waals surface area (Å²) in [7, 11) is 0. The molecule has 2 aliphatic rings. The van der Waals surface area contributed by atoms with E-state index in [4.69, 9.17) is 9.47 Å². The summed E-state index contributed by atoms with van der Waals surface area (Å²) in [6.45, 7) is 4.63. The number of rotatable bonds is 4. The largest absolute Gasteiger partial charge is 0.378 e. The maximum Gasteiger partial charge on any atom is 0.272 e. The van der Waals surface area contributed by atoms with Gasteiger partial charge in [-0.25, -0.2) is 0 Å². The molecule has 0 bridgehead atoms. The Morgan fingerprint density at radius 2 is 1.85 bits per heavy atom. The van der Waals surface area contributed by atoms with Crippen molar-refractivity contribution >= 4 is 11.6 Å². The van der Waals surface area contributed by atoms with Gasteiger partial charge in [0.15, 0.2) is 5.79 Å². The maximum atomic E-state index is 12.9. The van der Waals surface area contributed by atoms with Crippen molar-refractivity contribution in [3.8, 4) is 0 Å². The van der Waals surface area contributed by atoms with Crippen molar-refractivity contribution in [1.82, 2.24) is 9.88 Å². The van der Waals surface area contributed by atoms with Crippen LogP contribution in [0.5, 0.6) is 0 Å². The van der Waals surface area contributed by atoms with Gasteiger partial charge in [0.25, 0.3) is 5.91 Å². The second-order valence-corrected chi connectivity index (χ2v) is 7.11. The molecule has 0 aliphatic carbocycles. The molecule has 1 aromatic carbocycles. The molecule has 2 aliphatic heterocycles. The molecule has 0 saturated carbocycles. The lowest BCUT2D eigenvalue weighted by Crippen LogP contribution is -2.47. The average molecular weight is 367 g/mol. The normalized spacial score (nSPS) is 19.8. The van der Waals surface area contributed by atoms with Gasteiger partial charge < -0.3 is 19.7 Å². The summed E-state index contributed by atoms with van der Waals surface area (Å²) in [6, 6.07) is 14.1. The van der Waals surface area contributed by atoms with Gasteiger partial charge in [0.05, 0.1) is 13.2 Å². The second-order valence-electron chi connectivity index (χ2n) is 7.11. The topological polar surface area (TPSA) is 63.7 Å². The van der Waals surface area contributed by atoms with Crippen LogP contribution in [0.2, 0.25) is 0 Å². The third kappa shape index (κ3) is 3.96. The van der Waals surface area contributed by atoms with E-state index in [1.807, 2.05) is 35.2 Å². The van der Waals surface area contributed by atoms with E-state index in [2.05, 4.69) is 29.4 Å². The van der Waals surface area contributed by atoms with E-state index >= 15 is 0 Å². The Labute approximate surface area is 159 Å². The molecule has 6 heteroatoms. The smallest absolute Gasteiger partial charge is 0.272 e. The van der Waals surface area contributed by atoms with E-state index in [-0.39, 0.29) is 11.9 Å². The summed E-state index contributed by atoms with van der Waals surface area (Å²) in [5.74, 6) is -0.516. The van der Waals surface area contributed by atoms with Crippen molar-refractivity contribution < 1.29 is 14.3 Å². The predicted molar refractivity (Wildman–Crippen MR) is 102 cm³/mol. The fourth-order valence-corrected chi connectivity index (χ4v) is 3.71. The van der Waals surface area contributed by atoms with Gasteiger partial charge in [-0.15, -0.1) is 0 Å². The van der Waals surface area contributed by atoms with E-state index in [0.29, 0.717) is 44.8 Å². The average Bonchev–Trinajstić information content (AvgIpc) is 3.17. The molecular weight excluding hydrogens is 342 g/mol. The first-order valence-electron chi connectivity index (χ1n) is 9.50. The van der Waals surface area contributed by atoms with Gasteiger partial charge in [-0.05, 0) is 24.6 Å². The summed E-state index contributed by atoms with van der Waals surface area (Å²) < 4.78 is 11.5. The molecule has 0 radical (unpaired) electrons. The Bertz CT molecular complexity index is 780. The number of likely N-dealkylation sites (tertiary alicyclic amines) is 1. The number of nitrogens with zero attached hydrogens (tertiary/aromatic N) is 2. The number of pyridine rings is 1. The standard InChI is InChI=1S/C21H25N3O3/c1-16(17-5-3-2-4-6-17)23-18-7-10-22-19(15-18)20(25)24-11-8-21(9-12-24)26-13-14-27-21/h2-7,10,15-16H,8-9,11-14H2,1H3,(H,22,23). The summed E-state index contributed by atoms with van der Waals surface area (Å²) in [5.41, 5.74) is 2.55. The third-order valence-electron chi connectivity index (χ3n) is 5.29. The third-order valence-corrected chi connectivity index (χ3v) is 5.29. The number of hydrogen-bond donors (Lipinski definition) is 1. The van der Waals surface area contributed by atoms with Gasteiger partial charge in [0, 0.05) is 43.9 Å². The summed E-state index contributed by atoms with van der Waals surface area (Å²) in [6.07, 6.45) is 3.10. The summed E-state index contributed by atoms with van der Waals surface area (Å²) >= 11 is 0. The number of piperidine rings is 1. The number of anilines is 1. The van der Waals surface area contributed by atoms with Gasteiger partial charge in [-0.3, -0.25) is 9.78 Å². The molecule has 6 nitrogen and oxygen atoms in total. The van der Waals surface area contributed by atoms with Crippen molar-refractivity contribution in [2.24, 2.45) is 0 Å². The molecule has 1 aromatic heterocycles. The number of amides is 1. The molecule has 1 amide bonds. The molecule has 2 saturated heterocycles. The van der Waals surface area contributed by atoms with Gasteiger partial charge in [0.1, 0.15) is 5.69 Å². The van der Waals surface area contributed by atoms with Crippen molar-refractivity contribution in [3.05, 3.63) is 59.9 Å². The highest BCUT2D eigenvalue weighted by Crippen LogP contribution is 2.31. The van der Waals surface area contributed by atoms with Crippen molar-refractivity contribution in [1.29, 1.82) is 0 Å². The summed E-state index contributed by atoms with van der Waals surface area (Å²) in [5, 5.41) is 3.45.